The van der Waals surface area contributed by atoms with Crippen molar-refractivity contribution in [2.45, 2.75) is 46.1 Å². The molecule has 0 radical (unpaired) electrons. The van der Waals surface area contributed by atoms with Crippen molar-refractivity contribution in [3.05, 3.63) is 59.2 Å². The van der Waals surface area contributed by atoms with Crippen molar-refractivity contribution in [2.24, 2.45) is 4.99 Å². The van der Waals surface area contributed by atoms with Crippen LogP contribution in [-0.2, 0) is 4.79 Å². The van der Waals surface area contributed by atoms with Gasteiger partial charge in [-0.05, 0) is 61.7 Å². The Labute approximate surface area is 187 Å². The average molecular weight is 436 g/mol. The van der Waals surface area contributed by atoms with Gasteiger partial charge in [-0.15, -0.1) is 0 Å². The second-order valence-electron chi connectivity index (χ2n) is 8.27. The summed E-state index contributed by atoms with van der Waals surface area (Å²) >= 11 is 0. The number of nitrogens with one attached hydrogen (secondary N) is 4. The molecule has 1 aliphatic heterocycles. The van der Waals surface area contributed by atoms with Gasteiger partial charge in [0.05, 0.1) is 6.54 Å². The van der Waals surface area contributed by atoms with E-state index in [1.54, 1.807) is 18.2 Å². The second-order valence-corrected chi connectivity index (χ2v) is 8.27. The highest BCUT2D eigenvalue weighted by atomic mass is 16.2. The highest BCUT2D eigenvalue weighted by Gasteiger charge is 2.17. The molecule has 0 unspecified atom stereocenters. The van der Waals surface area contributed by atoms with Gasteiger partial charge >= 0.3 is 0 Å². The monoisotopic (exact) mass is 435 g/mol. The fourth-order valence-electron chi connectivity index (χ4n) is 3.29. The Hall–Kier alpha value is -3.68. The van der Waals surface area contributed by atoms with Crippen LogP contribution < -0.4 is 21.3 Å². The first-order valence-electron chi connectivity index (χ1n) is 10.7. The molecule has 0 atom stereocenters. The number of hydrogen-bond acceptors (Lipinski definition) is 5. The van der Waals surface area contributed by atoms with Crippen molar-refractivity contribution in [3.8, 4) is 0 Å². The third-order valence-electron chi connectivity index (χ3n) is 4.86. The van der Waals surface area contributed by atoms with E-state index >= 15 is 0 Å². The average Bonchev–Trinajstić information content (AvgIpc) is 2.73. The quantitative estimate of drug-likeness (QED) is 0.558. The van der Waals surface area contributed by atoms with E-state index in [9.17, 15) is 14.4 Å². The molecular formula is C24H29N5O3. The molecule has 0 aromatic heterocycles. The molecule has 1 heterocycles. The lowest BCUT2D eigenvalue weighted by Gasteiger charge is -2.18. The van der Waals surface area contributed by atoms with Gasteiger partial charge in [-0.2, -0.15) is 0 Å². The van der Waals surface area contributed by atoms with E-state index in [1.807, 2.05) is 52.0 Å². The van der Waals surface area contributed by atoms with Crippen LogP contribution in [-0.4, -0.2) is 36.3 Å². The van der Waals surface area contributed by atoms with E-state index in [0.717, 1.165) is 16.9 Å². The van der Waals surface area contributed by atoms with E-state index < -0.39 is 0 Å². The van der Waals surface area contributed by atoms with Crippen LogP contribution in [0.1, 0.15) is 66.3 Å². The van der Waals surface area contributed by atoms with Crippen LogP contribution in [0.4, 0.5) is 11.4 Å². The summed E-state index contributed by atoms with van der Waals surface area (Å²) in [4.78, 5) is 40.6. The van der Waals surface area contributed by atoms with Crippen molar-refractivity contribution >= 4 is 35.1 Å². The summed E-state index contributed by atoms with van der Waals surface area (Å²) in [5, 5.41) is 11.5. The topological polar surface area (TPSA) is 112 Å². The van der Waals surface area contributed by atoms with Crippen LogP contribution in [0.2, 0.25) is 0 Å². The van der Waals surface area contributed by atoms with E-state index in [0.29, 0.717) is 24.1 Å². The fourth-order valence-corrected chi connectivity index (χ4v) is 3.29. The summed E-state index contributed by atoms with van der Waals surface area (Å²) in [5.41, 5.74) is 3.61. The predicted octanol–water partition coefficient (Wildman–Crippen LogP) is 3.30. The number of nitrogens with zero attached hydrogens (tertiary/aromatic N) is 1. The lowest BCUT2D eigenvalue weighted by atomic mass is 9.98. The molecule has 3 rings (SSSR count). The van der Waals surface area contributed by atoms with Gasteiger partial charge in [0.2, 0.25) is 11.9 Å². The number of aliphatic imine (C=N–C) groups is 1. The van der Waals surface area contributed by atoms with Crippen LogP contribution >= 0.6 is 0 Å². The maximum atomic E-state index is 12.7. The number of carbonyl (C=O) groups excluding carboxylic acids is 3. The molecule has 0 fully saturated rings. The number of carbonyl (C=O) groups is 3. The van der Waals surface area contributed by atoms with Crippen molar-refractivity contribution in [3.63, 3.8) is 0 Å². The van der Waals surface area contributed by atoms with Gasteiger partial charge in [0, 0.05) is 35.0 Å². The first-order valence-corrected chi connectivity index (χ1v) is 10.7. The van der Waals surface area contributed by atoms with Gasteiger partial charge in [0.1, 0.15) is 0 Å². The third-order valence-corrected chi connectivity index (χ3v) is 4.86. The van der Waals surface area contributed by atoms with Gasteiger partial charge in [0.15, 0.2) is 0 Å². The Balaban J connectivity index is 1.79. The van der Waals surface area contributed by atoms with Crippen molar-refractivity contribution < 1.29 is 14.4 Å². The van der Waals surface area contributed by atoms with Gasteiger partial charge in [0.25, 0.3) is 11.8 Å². The minimum atomic E-state index is -0.341. The second kappa shape index (κ2) is 10.1. The smallest absolute Gasteiger partial charge is 0.257 e. The normalized spacial score (nSPS) is 13.4. The zero-order valence-corrected chi connectivity index (χ0v) is 18.8. The number of amides is 3. The Morgan fingerprint density at radius 1 is 1.00 bits per heavy atom. The molecule has 0 spiro atoms. The minimum Gasteiger partial charge on any atom is -0.355 e. The maximum Gasteiger partial charge on any atom is 0.257 e. The van der Waals surface area contributed by atoms with E-state index in [1.165, 1.54) is 0 Å². The lowest BCUT2D eigenvalue weighted by Crippen LogP contribution is -2.46. The highest BCUT2D eigenvalue weighted by molar-refractivity contribution is 6.10. The van der Waals surface area contributed by atoms with Gasteiger partial charge < -0.3 is 10.6 Å². The highest BCUT2D eigenvalue weighted by Crippen LogP contribution is 2.28. The first kappa shape index (κ1) is 23.0. The Kier molecular flexibility index (Phi) is 7.25. The van der Waals surface area contributed by atoms with Crippen molar-refractivity contribution in [1.29, 1.82) is 0 Å². The molecule has 168 valence electrons. The van der Waals surface area contributed by atoms with Crippen molar-refractivity contribution in [1.82, 2.24) is 16.0 Å². The standard InChI is InChI=1S/C24H29N5O3/c1-14(2)19-13-17(23(32)29-24-25-11-10-21(30)28-24)8-9-20(19)27-18-7-5-6-16(12-18)22(31)26-15(3)4/h5-9,12-15,27H,10-11H2,1-4H3,(H,26,31)(H2,25,28,29,30,32). The Morgan fingerprint density at radius 3 is 2.44 bits per heavy atom. The Bertz CT molecular complexity index is 1060. The summed E-state index contributed by atoms with van der Waals surface area (Å²) in [7, 11) is 0. The summed E-state index contributed by atoms with van der Waals surface area (Å²) in [6, 6.07) is 12.7. The molecular weight excluding hydrogens is 406 g/mol. The minimum absolute atomic E-state index is 0.0539. The molecule has 3 amide bonds. The van der Waals surface area contributed by atoms with Crippen LogP contribution in [0.25, 0.3) is 0 Å². The molecule has 1 aliphatic rings. The molecule has 0 saturated heterocycles. The van der Waals surface area contributed by atoms with Crippen LogP contribution in [0.5, 0.6) is 0 Å². The molecule has 0 saturated carbocycles. The van der Waals surface area contributed by atoms with E-state index in [-0.39, 0.29) is 35.6 Å². The molecule has 2 aromatic carbocycles. The number of benzene rings is 2. The van der Waals surface area contributed by atoms with Gasteiger partial charge in [-0.25, -0.2) is 0 Å². The summed E-state index contributed by atoms with van der Waals surface area (Å²) < 4.78 is 0. The van der Waals surface area contributed by atoms with Crippen LogP contribution in [0, 0.1) is 0 Å². The van der Waals surface area contributed by atoms with Crippen LogP contribution in [0.15, 0.2) is 47.5 Å². The van der Waals surface area contributed by atoms with E-state index in [4.69, 9.17) is 0 Å². The number of anilines is 2. The van der Waals surface area contributed by atoms with Crippen LogP contribution in [0.3, 0.4) is 0 Å². The van der Waals surface area contributed by atoms with E-state index in [2.05, 4.69) is 26.3 Å². The number of hydrogen-bond donors (Lipinski definition) is 4. The summed E-state index contributed by atoms with van der Waals surface area (Å²) in [6.07, 6.45) is 0.317. The zero-order valence-electron chi connectivity index (χ0n) is 18.8. The molecule has 0 aliphatic carbocycles. The number of rotatable bonds is 6. The zero-order chi connectivity index (χ0) is 23.3. The predicted molar refractivity (Wildman–Crippen MR) is 125 cm³/mol. The maximum absolute atomic E-state index is 12.7. The van der Waals surface area contributed by atoms with Gasteiger partial charge in [-0.1, -0.05) is 19.9 Å². The largest absolute Gasteiger partial charge is 0.355 e. The lowest BCUT2D eigenvalue weighted by molar-refractivity contribution is -0.119. The third kappa shape index (κ3) is 5.94. The molecule has 32 heavy (non-hydrogen) atoms. The molecule has 0 bridgehead atoms. The molecule has 4 N–H and O–H groups in total. The summed E-state index contributed by atoms with van der Waals surface area (Å²) in [6.45, 7) is 8.28. The van der Waals surface area contributed by atoms with Gasteiger partial charge in [-0.3, -0.25) is 30.0 Å². The molecule has 8 heteroatoms. The summed E-state index contributed by atoms with van der Waals surface area (Å²) in [5.74, 6) is -0.313. The molecule has 8 nitrogen and oxygen atoms in total. The molecule has 2 aromatic rings. The first-order chi connectivity index (χ1) is 15.2. The van der Waals surface area contributed by atoms with Crippen molar-refractivity contribution in [2.75, 3.05) is 11.9 Å². The number of guanidine groups is 1. The Morgan fingerprint density at radius 2 is 1.75 bits per heavy atom. The fraction of sp³-hybridized carbons (Fsp3) is 0.333. The SMILES string of the molecule is CC(C)NC(=O)c1cccc(Nc2ccc(C(=O)NC3=NCCC(=O)N3)cc2C(C)C)c1.